The minimum Gasteiger partial charge on any atom is -0.444 e. The second-order valence-electron chi connectivity index (χ2n) is 14.4. The highest BCUT2D eigenvalue weighted by Crippen LogP contribution is 2.18. The van der Waals surface area contributed by atoms with Gasteiger partial charge < -0.3 is 36.2 Å². The quantitative estimate of drug-likeness (QED) is 0.0949. The van der Waals surface area contributed by atoms with Crippen LogP contribution in [0.1, 0.15) is 115 Å². The van der Waals surface area contributed by atoms with Gasteiger partial charge in [-0.1, -0.05) is 81.2 Å². The van der Waals surface area contributed by atoms with Crippen LogP contribution in [0.3, 0.4) is 0 Å². The van der Waals surface area contributed by atoms with E-state index >= 15 is 0 Å². The fraction of sp³-hybridized carbons (Fsp3) is 0.853. The average Bonchev–Trinajstić information content (AvgIpc) is 2.89. The van der Waals surface area contributed by atoms with Gasteiger partial charge in [0.05, 0.1) is 31.3 Å². The van der Waals surface area contributed by atoms with Gasteiger partial charge in [-0.2, -0.15) is 0 Å². The molecule has 6 N–H and O–H groups in total. The van der Waals surface area contributed by atoms with Crippen molar-refractivity contribution in [2.75, 3.05) is 13.2 Å². The predicted octanol–water partition coefficient (Wildman–Crippen LogP) is 4.68. The maximum atomic E-state index is 13.7. The number of carbonyl (C=O) groups is 3. The summed E-state index contributed by atoms with van der Waals surface area (Å²) in [5, 5.41) is 33.1. The second-order valence-corrected chi connectivity index (χ2v) is 14.4. The van der Waals surface area contributed by atoms with E-state index in [4.69, 9.17) is 4.74 Å². The maximum Gasteiger partial charge on any atom is 0.408 e. The zero-order valence-electron chi connectivity index (χ0n) is 29.6. The van der Waals surface area contributed by atoms with Crippen molar-refractivity contribution in [1.29, 1.82) is 0 Å². The number of hydrogen-bond acceptors (Lipinski definition) is 8. The van der Waals surface area contributed by atoms with Crippen molar-refractivity contribution in [2.45, 2.75) is 151 Å². The van der Waals surface area contributed by atoms with E-state index in [9.17, 15) is 24.6 Å². The lowest BCUT2D eigenvalue weighted by Gasteiger charge is -2.32. The Bertz CT molecular complexity index is 870. The van der Waals surface area contributed by atoms with E-state index < -0.39 is 41.8 Å². The molecule has 0 saturated heterocycles. The number of Topliss-reactive ketones (excluding diaryl/α,β-unsaturated/α-hetero) is 1. The van der Waals surface area contributed by atoms with Gasteiger partial charge >= 0.3 is 6.09 Å². The molecule has 0 aliphatic carbocycles. The van der Waals surface area contributed by atoms with Crippen LogP contribution in [0.5, 0.6) is 0 Å². The van der Waals surface area contributed by atoms with E-state index in [1.165, 1.54) is 0 Å². The minimum atomic E-state index is -0.921. The Hall–Kier alpha value is -2.17. The molecule has 0 aromatic carbocycles. The molecule has 0 radical (unpaired) electrons. The Kier molecular flexibility index (Phi) is 19.8. The number of ketones is 1. The maximum absolute atomic E-state index is 13.7. The smallest absolute Gasteiger partial charge is 0.408 e. The molecular formula is C34H66N4O6. The monoisotopic (exact) mass is 626 g/mol. The molecule has 0 fully saturated rings. The summed E-state index contributed by atoms with van der Waals surface area (Å²) in [4.78, 5) is 39.1. The largest absolute Gasteiger partial charge is 0.444 e. The molecule has 0 spiro atoms. The zero-order valence-corrected chi connectivity index (χ0v) is 29.6. The number of carbonyl (C=O) groups excluding carboxylic acids is 3. The first-order chi connectivity index (χ1) is 20.3. The Morgan fingerprint density at radius 2 is 1.48 bits per heavy atom. The number of hydrogen-bond donors (Lipinski definition) is 6. The van der Waals surface area contributed by atoms with Crippen molar-refractivity contribution in [1.82, 2.24) is 21.3 Å². The first kappa shape index (κ1) is 41.8. The summed E-state index contributed by atoms with van der Waals surface area (Å²) in [7, 11) is 0. The van der Waals surface area contributed by atoms with Crippen molar-refractivity contribution in [3.8, 4) is 0 Å². The first-order valence-electron chi connectivity index (χ1n) is 16.6. The fourth-order valence-corrected chi connectivity index (χ4v) is 4.95. The molecule has 0 aromatic rings. The molecule has 10 nitrogen and oxygen atoms in total. The number of aliphatic hydroxyl groups excluding tert-OH is 2. The van der Waals surface area contributed by atoms with Gasteiger partial charge in [-0.05, 0) is 57.8 Å². The minimum absolute atomic E-state index is 0.0147. The van der Waals surface area contributed by atoms with Gasteiger partial charge in [0.15, 0.2) is 0 Å². The number of ether oxygens (including phenoxy) is 1. The highest BCUT2D eigenvalue weighted by atomic mass is 16.6. The molecule has 10 heteroatoms. The molecule has 44 heavy (non-hydrogen) atoms. The molecule has 0 aliphatic rings. The van der Waals surface area contributed by atoms with Crippen molar-refractivity contribution in [3.05, 3.63) is 12.3 Å². The van der Waals surface area contributed by atoms with E-state index in [1.807, 2.05) is 41.5 Å². The standard InChI is InChI=1S/C34H66N4O6/c1-13-14-15-16-26(36-25(9)31(23(6)7)38-33(43)44-34(10,11)12)32(42)37-27(17-21(2)3)29(40)18-24(8)30(41)19-35-28(20-39)22(4)5/h21-24,26-29,31,35-36,39-40H,9,13-20H2,1-8,10-12H3,(H,37,42)(H,38,43)/t24?,26?,27-,28+,29?,31?/m0/s1. The highest BCUT2D eigenvalue weighted by Gasteiger charge is 2.31. The predicted molar refractivity (Wildman–Crippen MR) is 178 cm³/mol. The molecule has 0 aromatic heterocycles. The summed E-state index contributed by atoms with van der Waals surface area (Å²) < 4.78 is 5.44. The summed E-state index contributed by atoms with van der Waals surface area (Å²) in [6, 6.07) is -1.81. The molecule has 2 amide bonds. The molecule has 0 saturated carbocycles. The molecule has 0 bridgehead atoms. The van der Waals surface area contributed by atoms with Gasteiger partial charge in [0.25, 0.3) is 0 Å². The second kappa shape index (κ2) is 20.8. The molecule has 6 atom stereocenters. The Morgan fingerprint density at radius 1 is 0.864 bits per heavy atom. The summed E-state index contributed by atoms with van der Waals surface area (Å²) in [5.74, 6) is -0.374. The number of aliphatic hydroxyl groups is 2. The van der Waals surface area contributed by atoms with Crippen LogP contribution < -0.4 is 21.3 Å². The lowest BCUT2D eigenvalue weighted by Crippen LogP contribution is -2.54. The van der Waals surface area contributed by atoms with Crippen LogP contribution >= 0.6 is 0 Å². The van der Waals surface area contributed by atoms with Gasteiger partial charge in [0, 0.05) is 17.7 Å². The van der Waals surface area contributed by atoms with Gasteiger partial charge in [-0.15, -0.1) is 0 Å². The van der Waals surface area contributed by atoms with Crippen LogP contribution in [0, 0.1) is 23.7 Å². The van der Waals surface area contributed by atoms with Crippen molar-refractivity contribution < 1.29 is 29.3 Å². The summed E-state index contributed by atoms with van der Waals surface area (Å²) in [6.45, 7) is 25.4. The Labute approximate surface area is 267 Å². The van der Waals surface area contributed by atoms with Crippen molar-refractivity contribution >= 4 is 17.8 Å². The summed E-state index contributed by atoms with van der Waals surface area (Å²) in [5.41, 5.74) is -0.137. The molecule has 258 valence electrons. The first-order valence-corrected chi connectivity index (χ1v) is 16.6. The van der Waals surface area contributed by atoms with Gasteiger partial charge in [0.2, 0.25) is 5.91 Å². The molecule has 0 aliphatic heterocycles. The number of rotatable bonds is 22. The highest BCUT2D eigenvalue weighted by molar-refractivity contribution is 5.83. The molecule has 0 rings (SSSR count). The van der Waals surface area contributed by atoms with Crippen molar-refractivity contribution in [3.63, 3.8) is 0 Å². The number of nitrogens with one attached hydrogen (secondary N) is 4. The topological polar surface area (TPSA) is 149 Å². The third-order valence-corrected chi connectivity index (χ3v) is 7.69. The summed E-state index contributed by atoms with van der Waals surface area (Å²) >= 11 is 0. The van der Waals surface area contributed by atoms with Crippen LogP contribution in [-0.4, -0.2) is 77.0 Å². The fourth-order valence-electron chi connectivity index (χ4n) is 4.95. The van der Waals surface area contributed by atoms with Crippen LogP contribution in [0.4, 0.5) is 4.79 Å². The van der Waals surface area contributed by atoms with Crippen molar-refractivity contribution in [2.24, 2.45) is 23.7 Å². The van der Waals surface area contributed by atoms with E-state index in [0.29, 0.717) is 18.5 Å². The van der Waals surface area contributed by atoms with Crippen LogP contribution in [0.15, 0.2) is 12.3 Å². The SMILES string of the molecule is C=C(NC(CCCCC)C(=O)N[C@@H](CC(C)C)C(O)CC(C)C(=O)CN[C@H](CO)C(C)C)C(NC(=O)OC(C)(C)C)C(C)C. The Morgan fingerprint density at radius 3 is 1.95 bits per heavy atom. The lowest BCUT2D eigenvalue weighted by atomic mass is 9.90. The molecular weight excluding hydrogens is 560 g/mol. The lowest BCUT2D eigenvalue weighted by molar-refractivity contribution is -0.125. The average molecular weight is 627 g/mol. The number of alkyl carbamates (subject to hydrolysis) is 1. The van der Waals surface area contributed by atoms with E-state index in [1.54, 1.807) is 27.7 Å². The van der Waals surface area contributed by atoms with Gasteiger partial charge in [0.1, 0.15) is 17.4 Å². The molecule has 4 unspecified atom stereocenters. The number of unbranched alkanes of at least 4 members (excludes halogenated alkanes) is 2. The van der Waals surface area contributed by atoms with E-state index in [0.717, 1.165) is 19.3 Å². The third-order valence-electron chi connectivity index (χ3n) is 7.69. The zero-order chi connectivity index (χ0) is 34.2. The van der Waals surface area contributed by atoms with Gasteiger partial charge in [-0.3, -0.25) is 9.59 Å². The number of amides is 2. The molecule has 0 heterocycles. The van der Waals surface area contributed by atoms with Gasteiger partial charge in [-0.25, -0.2) is 4.79 Å². The summed E-state index contributed by atoms with van der Waals surface area (Å²) in [6.07, 6.45) is 2.61. The third kappa shape index (κ3) is 17.4. The van der Waals surface area contributed by atoms with Crippen LogP contribution in [-0.2, 0) is 14.3 Å². The Balaban J connectivity index is 5.69. The normalized spacial score (nSPS) is 16.2. The van der Waals surface area contributed by atoms with Crippen LogP contribution in [0.2, 0.25) is 0 Å². The van der Waals surface area contributed by atoms with E-state index in [2.05, 4.69) is 34.8 Å². The van der Waals surface area contributed by atoms with E-state index in [-0.39, 0.29) is 55.1 Å². The van der Waals surface area contributed by atoms with Crippen LogP contribution in [0.25, 0.3) is 0 Å².